The maximum absolute atomic E-state index is 10.0. The van der Waals surface area contributed by atoms with E-state index in [2.05, 4.69) is 32.6 Å². The van der Waals surface area contributed by atoms with E-state index in [1.54, 1.807) is 0 Å². The summed E-state index contributed by atoms with van der Waals surface area (Å²) in [5.74, 6) is 0.796. The van der Waals surface area contributed by atoms with Crippen LogP contribution >= 0.6 is 22.6 Å². The van der Waals surface area contributed by atoms with Gasteiger partial charge in [0.15, 0.2) is 0 Å². The third-order valence-corrected chi connectivity index (χ3v) is 5.66. The molecule has 0 saturated heterocycles. The standard InChI is InChI=1S/C27H23IN2O3/c28-24-13-11-22(12-14-24)23(16-31)15-25-26(32-17-20-7-3-1-4-8-20)27(30-19-29-25)33-18-21-9-5-2-6-10-21/h1-15,19,31H,16-18H2/b23-15+. The second kappa shape index (κ2) is 11.6. The van der Waals surface area contributed by atoms with Crippen molar-refractivity contribution in [1.82, 2.24) is 9.97 Å². The number of hydrogen-bond acceptors (Lipinski definition) is 5. The predicted molar refractivity (Wildman–Crippen MR) is 138 cm³/mol. The lowest BCUT2D eigenvalue weighted by atomic mass is 10.1. The molecule has 0 unspecified atom stereocenters. The van der Waals surface area contributed by atoms with Crippen LogP contribution in [0.5, 0.6) is 11.6 Å². The van der Waals surface area contributed by atoms with Crippen molar-refractivity contribution in [3.05, 3.63) is 117 Å². The van der Waals surface area contributed by atoms with Gasteiger partial charge in [-0.15, -0.1) is 0 Å². The molecule has 3 aromatic carbocycles. The number of aliphatic hydroxyl groups is 1. The third-order valence-electron chi connectivity index (χ3n) is 4.94. The van der Waals surface area contributed by atoms with E-state index in [-0.39, 0.29) is 6.61 Å². The molecule has 0 spiro atoms. The van der Waals surface area contributed by atoms with Crippen LogP contribution in [-0.4, -0.2) is 21.7 Å². The number of ether oxygens (including phenoxy) is 2. The highest BCUT2D eigenvalue weighted by molar-refractivity contribution is 14.1. The molecule has 0 aliphatic carbocycles. The van der Waals surface area contributed by atoms with Crippen molar-refractivity contribution >= 4 is 34.2 Å². The Kier molecular flexibility index (Phi) is 8.05. The maximum Gasteiger partial charge on any atom is 0.261 e. The van der Waals surface area contributed by atoms with E-state index in [1.165, 1.54) is 6.33 Å². The summed E-state index contributed by atoms with van der Waals surface area (Å²) < 4.78 is 13.3. The summed E-state index contributed by atoms with van der Waals surface area (Å²) >= 11 is 2.26. The van der Waals surface area contributed by atoms with Gasteiger partial charge in [-0.2, -0.15) is 4.98 Å². The van der Waals surface area contributed by atoms with Gasteiger partial charge < -0.3 is 14.6 Å². The number of aliphatic hydroxyl groups excluding tert-OH is 1. The largest absolute Gasteiger partial charge is 0.481 e. The molecule has 4 aromatic rings. The molecular weight excluding hydrogens is 527 g/mol. The highest BCUT2D eigenvalue weighted by Gasteiger charge is 2.15. The number of halogens is 1. The average molecular weight is 550 g/mol. The van der Waals surface area contributed by atoms with Gasteiger partial charge in [-0.25, -0.2) is 4.98 Å². The molecule has 1 aromatic heterocycles. The van der Waals surface area contributed by atoms with Gasteiger partial charge in [0.05, 0.1) is 6.61 Å². The Morgan fingerprint density at radius 3 is 2.00 bits per heavy atom. The van der Waals surface area contributed by atoms with Gasteiger partial charge in [0.25, 0.3) is 5.88 Å². The zero-order chi connectivity index (χ0) is 22.9. The van der Waals surface area contributed by atoms with Crippen LogP contribution in [0.4, 0.5) is 0 Å². The van der Waals surface area contributed by atoms with Gasteiger partial charge in [-0.3, -0.25) is 0 Å². The smallest absolute Gasteiger partial charge is 0.261 e. The quantitative estimate of drug-likeness (QED) is 0.268. The molecule has 0 atom stereocenters. The predicted octanol–water partition coefficient (Wildman–Crippen LogP) is 5.77. The van der Waals surface area contributed by atoms with E-state index in [0.717, 1.165) is 25.8 Å². The first-order valence-electron chi connectivity index (χ1n) is 10.5. The van der Waals surface area contributed by atoms with Crippen LogP contribution in [0, 0.1) is 3.57 Å². The van der Waals surface area contributed by atoms with Crippen molar-refractivity contribution in [2.45, 2.75) is 13.2 Å². The van der Waals surface area contributed by atoms with Gasteiger partial charge >= 0.3 is 0 Å². The van der Waals surface area contributed by atoms with E-state index in [1.807, 2.05) is 91.0 Å². The molecule has 0 aliphatic rings. The van der Waals surface area contributed by atoms with Gasteiger partial charge in [-0.1, -0.05) is 72.8 Å². The minimum absolute atomic E-state index is 0.136. The molecular formula is C27H23IN2O3. The van der Waals surface area contributed by atoms with E-state index < -0.39 is 0 Å². The fraction of sp³-hybridized carbons (Fsp3) is 0.111. The summed E-state index contributed by atoms with van der Waals surface area (Å²) in [4.78, 5) is 8.77. The normalized spacial score (nSPS) is 11.3. The van der Waals surface area contributed by atoms with Crippen LogP contribution in [0.15, 0.2) is 91.3 Å². The van der Waals surface area contributed by atoms with Crippen LogP contribution in [0.1, 0.15) is 22.4 Å². The second-order valence-electron chi connectivity index (χ2n) is 7.28. The topological polar surface area (TPSA) is 64.5 Å². The molecule has 6 heteroatoms. The highest BCUT2D eigenvalue weighted by atomic mass is 127. The summed E-state index contributed by atoms with van der Waals surface area (Å²) in [5.41, 5.74) is 4.23. The first kappa shape index (κ1) is 22.9. The van der Waals surface area contributed by atoms with Crippen molar-refractivity contribution in [3.8, 4) is 11.6 Å². The van der Waals surface area contributed by atoms with Crippen LogP contribution in [-0.2, 0) is 13.2 Å². The molecule has 1 N–H and O–H groups in total. The Morgan fingerprint density at radius 1 is 0.788 bits per heavy atom. The molecule has 0 fully saturated rings. The van der Waals surface area contributed by atoms with Crippen LogP contribution in [0.25, 0.3) is 11.6 Å². The number of aromatic nitrogens is 2. The van der Waals surface area contributed by atoms with Crippen molar-refractivity contribution in [1.29, 1.82) is 0 Å². The van der Waals surface area contributed by atoms with Crippen molar-refractivity contribution < 1.29 is 14.6 Å². The highest BCUT2D eigenvalue weighted by Crippen LogP contribution is 2.32. The summed E-state index contributed by atoms with van der Waals surface area (Å²) in [7, 11) is 0. The fourth-order valence-corrected chi connectivity index (χ4v) is 3.58. The first-order chi connectivity index (χ1) is 16.2. The molecule has 166 valence electrons. The molecule has 0 bridgehead atoms. The fourth-order valence-electron chi connectivity index (χ4n) is 3.22. The van der Waals surface area contributed by atoms with E-state index in [9.17, 15) is 5.11 Å². The Hall–Kier alpha value is -3.23. The van der Waals surface area contributed by atoms with Crippen molar-refractivity contribution in [2.75, 3.05) is 6.61 Å². The molecule has 33 heavy (non-hydrogen) atoms. The Balaban J connectivity index is 1.67. The van der Waals surface area contributed by atoms with E-state index in [0.29, 0.717) is 30.5 Å². The first-order valence-corrected chi connectivity index (χ1v) is 11.6. The number of benzene rings is 3. The lowest BCUT2D eigenvalue weighted by Crippen LogP contribution is -2.05. The molecule has 0 saturated carbocycles. The Morgan fingerprint density at radius 2 is 1.39 bits per heavy atom. The minimum Gasteiger partial charge on any atom is -0.481 e. The van der Waals surface area contributed by atoms with E-state index in [4.69, 9.17) is 9.47 Å². The second-order valence-corrected chi connectivity index (χ2v) is 8.52. The van der Waals surface area contributed by atoms with Gasteiger partial charge in [0.1, 0.15) is 25.2 Å². The summed E-state index contributed by atoms with van der Waals surface area (Å²) in [6, 6.07) is 27.7. The Bertz CT molecular complexity index is 1200. The van der Waals surface area contributed by atoms with Gasteiger partial charge in [0.2, 0.25) is 5.75 Å². The lowest BCUT2D eigenvalue weighted by molar-refractivity contribution is 0.245. The molecule has 0 radical (unpaired) electrons. The average Bonchev–Trinajstić information content (AvgIpc) is 2.87. The summed E-state index contributed by atoms with van der Waals surface area (Å²) in [5, 5.41) is 10.0. The maximum atomic E-state index is 10.0. The van der Waals surface area contributed by atoms with E-state index >= 15 is 0 Å². The van der Waals surface area contributed by atoms with Crippen LogP contribution < -0.4 is 9.47 Å². The zero-order valence-corrected chi connectivity index (χ0v) is 20.1. The molecule has 0 aliphatic heterocycles. The number of hydrogen-bond donors (Lipinski definition) is 1. The summed E-state index contributed by atoms with van der Waals surface area (Å²) in [6.07, 6.45) is 3.27. The molecule has 1 heterocycles. The van der Waals surface area contributed by atoms with Gasteiger partial charge in [0, 0.05) is 3.57 Å². The minimum atomic E-state index is -0.136. The van der Waals surface area contributed by atoms with Crippen LogP contribution in [0.3, 0.4) is 0 Å². The monoisotopic (exact) mass is 550 g/mol. The molecule has 0 amide bonds. The van der Waals surface area contributed by atoms with Gasteiger partial charge in [-0.05, 0) is 63.1 Å². The van der Waals surface area contributed by atoms with Crippen LogP contribution in [0.2, 0.25) is 0 Å². The molecule has 5 nitrogen and oxygen atoms in total. The summed E-state index contributed by atoms with van der Waals surface area (Å²) in [6.45, 7) is 0.560. The van der Waals surface area contributed by atoms with Crippen molar-refractivity contribution in [3.63, 3.8) is 0 Å². The third kappa shape index (κ3) is 6.40. The van der Waals surface area contributed by atoms with Crippen molar-refractivity contribution in [2.24, 2.45) is 0 Å². The molecule has 4 rings (SSSR count). The number of rotatable bonds is 9. The number of nitrogens with zero attached hydrogens (tertiary/aromatic N) is 2. The Labute approximate surface area is 206 Å². The lowest BCUT2D eigenvalue weighted by Gasteiger charge is -2.14. The zero-order valence-electron chi connectivity index (χ0n) is 17.9. The SMILES string of the molecule is OC/C(=C\c1ncnc(OCc2ccccc2)c1OCc1ccccc1)c1ccc(I)cc1.